The van der Waals surface area contributed by atoms with Gasteiger partial charge in [0, 0.05) is 13.5 Å². The van der Waals surface area contributed by atoms with E-state index in [1.807, 2.05) is 0 Å². The Kier molecular flexibility index (Phi) is 4.06. The Morgan fingerprint density at radius 2 is 2.12 bits per heavy atom. The van der Waals surface area contributed by atoms with Gasteiger partial charge in [0.15, 0.2) is 0 Å². The molecule has 0 saturated carbocycles. The van der Waals surface area contributed by atoms with Gasteiger partial charge in [0.1, 0.15) is 0 Å². The molecule has 0 unspecified atom stereocenters. The molecule has 0 aromatic carbocycles. The Bertz CT molecular complexity index is 100. The first-order chi connectivity index (χ1) is 4.21. The number of halogens is 3. The Hall–Kier alpha value is 1.45. The normalized spacial score (nSPS) is 17.6. The summed E-state index contributed by atoms with van der Waals surface area (Å²) in [6, 6.07) is 0. The summed E-state index contributed by atoms with van der Waals surface area (Å²) in [5.41, 5.74) is 0. The minimum atomic E-state index is -5.15. The zero-order valence-electron chi connectivity index (χ0n) is 7.33. The third kappa shape index (κ3) is 10.4. The van der Waals surface area contributed by atoms with E-state index < -0.39 is 20.5 Å². The molecule has 0 aromatic heterocycles. The second kappa shape index (κ2) is 5.25. The molecular weight excluding hydrogens is 147 g/mol. The van der Waals surface area contributed by atoms with Crippen LogP contribution in [0.15, 0.2) is 0 Å². The summed E-state index contributed by atoms with van der Waals surface area (Å²) in [5.74, 6) is 0. The van der Waals surface area contributed by atoms with Gasteiger partial charge in [0.25, 0.3) is 0 Å². The van der Waals surface area contributed by atoms with Gasteiger partial charge in [-0.3, -0.25) is 0 Å². The fourth-order valence-corrected chi connectivity index (χ4v) is 0.0945. The average Bonchev–Trinajstić information content (AvgIpc) is 1.57. The van der Waals surface area contributed by atoms with Gasteiger partial charge in [-0.15, -0.1) is 0 Å². The molecule has 0 radical (unpaired) electrons. The molecule has 44 valence electrons. The third-order valence-electron chi connectivity index (χ3n) is 0.272. The maximum absolute atomic E-state index is 11.3. The first-order valence-electron chi connectivity index (χ1n) is 3.06. The molecule has 6 heteroatoms. The van der Waals surface area contributed by atoms with Crippen molar-refractivity contribution in [2.75, 3.05) is 13.5 Å². The monoisotopic (exact) mass is 155 g/mol. The molecule has 0 amide bonds. The van der Waals surface area contributed by atoms with E-state index in [1.54, 1.807) is 0 Å². The van der Waals surface area contributed by atoms with E-state index in [4.69, 9.17) is 4.11 Å². The molecule has 0 N–H and O–H groups in total. The number of rotatable bonds is 2. The molecule has 0 aliphatic carbocycles. The van der Waals surface area contributed by atoms with Gasteiger partial charge in [-0.1, -0.05) is 0 Å². The van der Waals surface area contributed by atoms with E-state index in [0.717, 1.165) is 0 Å². The van der Waals surface area contributed by atoms with Crippen LogP contribution in [-0.2, 0) is 4.74 Å². The smallest absolute Gasteiger partial charge is 0.447 e. The second-order valence-corrected chi connectivity index (χ2v) is 1.02. The summed E-state index contributed by atoms with van der Waals surface area (Å²) in [6.07, 6.45) is 0. The summed E-state index contributed by atoms with van der Waals surface area (Å²) in [5, 5.41) is 0. The van der Waals surface area contributed by atoms with Crippen LogP contribution in [0.2, 0.25) is 0 Å². The SMILES string of the molecule is [2H]C([2H])([2H])OC[B-](F)(F)F.[K+]. The maximum Gasteiger partial charge on any atom is 1.00 e. The Morgan fingerprint density at radius 1 is 1.62 bits per heavy atom. The number of methoxy groups -OCH3 is 1. The maximum atomic E-state index is 11.3. The fourth-order valence-electron chi connectivity index (χ4n) is 0.0945. The number of ether oxygens (including phenoxy) is 1. The predicted molar refractivity (Wildman–Crippen MR) is 21.0 cm³/mol. The van der Waals surface area contributed by atoms with Crippen LogP contribution in [-0.4, -0.2) is 20.5 Å². The molecule has 0 saturated heterocycles. The van der Waals surface area contributed by atoms with Crippen LogP contribution in [0.5, 0.6) is 0 Å². The van der Waals surface area contributed by atoms with Crippen LogP contribution >= 0.6 is 0 Å². The molecule has 0 aliphatic rings. The molecule has 0 spiro atoms. The van der Waals surface area contributed by atoms with Gasteiger partial charge in [0.05, 0.1) is 4.11 Å². The largest absolute Gasteiger partial charge is 1.00 e. The zero-order valence-corrected chi connectivity index (χ0v) is 7.45. The van der Waals surface area contributed by atoms with E-state index >= 15 is 0 Å². The molecule has 0 aromatic rings. The van der Waals surface area contributed by atoms with Crippen LogP contribution in [0.25, 0.3) is 0 Å². The Morgan fingerprint density at radius 3 is 2.25 bits per heavy atom. The number of hydrogen-bond donors (Lipinski definition) is 0. The van der Waals surface area contributed by atoms with Crippen molar-refractivity contribution < 1.29 is 73.2 Å². The van der Waals surface area contributed by atoms with Gasteiger partial charge >= 0.3 is 58.4 Å². The second-order valence-electron chi connectivity index (χ2n) is 1.02. The molecule has 0 fully saturated rings. The van der Waals surface area contributed by atoms with Crippen LogP contribution in [0.3, 0.4) is 0 Å². The molecule has 0 bridgehead atoms. The predicted octanol–water partition coefficient (Wildman–Crippen LogP) is -1.98. The summed E-state index contributed by atoms with van der Waals surface area (Å²) < 4.78 is 56.0. The fraction of sp³-hybridized carbons (Fsp3) is 1.00. The van der Waals surface area contributed by atoms with Crippen LogP contribution in [0, 0.1) is 0 Å². The molecule has 0 atom stereocenters. The standard InChI is InChI=1S/C2H5BF3O.K/c1-7-2-3(4,5)6;/h2H2,1H3;/q-1;+1/i1D3;. The van der Waals surface area contributed by atoms with Crippen LogP contribution < -0.4 is 51.4 Å². The molecule has 0 heterocycles. The van der Waals surface area contributed by atoms with E-state index in [-0.39, 0.29) is 51.4 Å². The first kappa shape index (κ1) is 6.18. The Balaban J connectivity index is 0. The zero-order chi connectivity index (χ0) is 8.41. The van der Waals surface area contributed by atoms with Crippen molar-refractivity contribution in [2.45, 2.75) is 0 Å². The molecule has 0 rings (SSSR count). The molecule has 1 nitrogen and oxygen atoms in total. The third-order valence-corrected chi connectivity index (χ3v) is 0.272. The van der Waals surface area contributed by atoms with Crippen LogP contribution in [0.4, 0.5) is 12.9 Å². The van der Waals surface area contributed by atoms with Gasteiger partial charge in [-0.25, -0.2) is 0 Å². The average molecular weight is 155 g/mol. The van der Waals surface area contributed by atoms with Crippen molar-refractivity contribution in [1.29, 1.82) is 0 Å². The van der Waals surface area contributed by atoms with Crippen molar-refractivity contribution in [1.82, 2.24) is 0 Å². The minimum Gasteiger partial charge on any atom is -0.447 e. The topological polar surface area (TPSA) is 9.23 Å². The van der Waals surface area contributed by atoms with Crippen molar-refractivity contribution in [3.63, 3.8) is 0 Å². The van der Waals surface area contributed by atoms with Crippen molar-refractivity contribution in [3.05, 3.63) is 0 Å². The van der Waals surface area contributed by atoms with Gasteiger partial charge in [-0.05, 0) is 0 Å². The summed E-state index contributed by atoms with van der Waals surface area (Å²) in [4.78, 5) is 0. The molecule has 0 aliphatic heterocycles. The quantitative estimate of drug-likeness (QED) is 0.420. The Labute approximate surface area is 92.7 Å². The van der Waals surface area contributed by atoms with E-state index in [0.29, 0.717) is 0 Å². The molecule has 8 heavy (non-hydrogen) atoms. The minimum absolute atomic E-state index is 0. The van der Waals surface area contributed by atoms with Crippen LogP contribution in [0.1, 0.15) is 4.11 Å². The van der Waals surface area contributed by atoms with Crippen molar-refractivity contribution in [3.8, 4) is 0 Å². The number of hydrogen-bond acceptors (Lipinski definition) is 1. The van der Waals surface area contributed by atoms with E-state index in [1.165, 1.54) is 0 Å². The van der Waals surface area contributed by atoms with E-state index in [2.05, 4.69) is 4.74 Å². The first-order valence-corrected chi connectivity index (χ1v) is 1.56. The van der Waals surface area contributed by atoms with Gasteiger partial charge < -0.3 is 17.7 Å². The van der Waals surface area contributed by atoms with Crippen molar-refractivity contribution in [2.24, 2.45) is 0 Å². The summed E-state index contributed by atoms with van der Waals surface area (Å²) in [7, 11) is -2.95. The molecular formula is C2H5BF3KO. The van der Waals surface area contributed by atoms with E-state index in [9.17, 15) is 12.9 Å². The van der Waals surface area contributed by atoms with Gasteiger partial charge in [0.2, 0.25) is 0 Å². The van der Waals surface area contributed by atoms with Gasteiger partial charge in [-0.2, -0.15) is 0 Å². The van der Waals surface area contributed by atoms with Crippen molar-refractivity contribution >= 4 is 6.98 Å². The summed E-state index contributed by atoms with van der Waals surface area (Å²) >= 11 is 0. The summed E-state index contributed by atoms with van der Waals surface area (Å²) in [6.45, 7) is -6.82.